The van der Waals surface area contributed by atoms with E-state index in [1.54, 1.807) is 11.3 Å². The number of hydrogen-bond donors (Lipinski definition) is 1. The minimum absolute atomic E-state index is 0.898. The van der Waals surface area contributed by atoms with E-state index in [2.05, 4.69) is 27.4 Å². The summed E-state index contributed by atoms with van der Waals surface area (Å²) in [6.07, 6.45) is 2.84. The van der Waals surface area contributed by atoms with Crippen molar-refractivity contribution in [2.75, 3.05) is 37.6 Å². The van der Waals surface area contributed by atoms with Crippen molar-refractivity contribution in [3.8, 4) is 0 Å². The fraction of sp³-hybridized carbons (Fsp3) is 0.769. The molecule has 1 aliphatic heterocycles. The maximum Gasteiger partial charge on any atom is 0.185 e. The summed E-state index contributed by atoms with van der Waals surface area (Å²) in [7, 11) is 0. The molecule has 5 heteroatoms. The second kappa shape index (κ2) is 5.55. The number of hydrogen-bond acceptors (Lipinski definition) is 5. The maximum absolute atomic E-state index is 4.72. The van der Waals surface area contributed by atoms with E-state index < -0.39 is 0 Å². The van der Waals surface area contributed by atoms with Crippen LogP contribution in [0.4, 0.5) is 5.13 Å². The summed E-state index contributed by atoms with van der Waals surface area (Å²) < 4.78 is 0. The first kappa shape index (κ1) is 12.4. The van der Waals surface area contributed by atoms with Crippen LogP contribution in [0.3, 0.4) is 0 Å². The van der Waals surface area contributed by atoms with Gasteiger partial charge in [-0.15, -0.1) is 11.3 Å². The highest BCUT2D eigenvalue weighted by Crippen LogP contribution is 2.29. The maximum atomic E-state index is 4.72. The molecule has 0 unspecified atom stereocenters. The summed E-state index contributed by atoms with van der Waals surface area (Å²) in [5.74, 6) is 0. The Morgan fingerprint density at radius 1 is 1.33 bits per heavy atom. The fourth-order valence-electron chi connectivity index (χ4n) is 2.49. The monoisotopic (exact) mass is 266 g/mol. The van der Waals surface area contributed by atoms with Crippen LogP contribution in [0.5, 0.6) is 0 Å². The third kappa shape index (κ3) is 2.84. The Bertz CT molecular complexity index is 380. The molecule has 1 aliphatic carbocycles. The molecule has 1 saturated carbocycles. The van der Waals surface area contributed by atoms with Crippen molar-refractivity contribution in [2.24, 2.45) is 0 Å². The third-order valence-corrected chi connectivity index (χ3v) is 4.69. The van der Waals surface area contributed by atoms with E-state index in [9.17, 15) is 0 Å². The van der Waals surface area contributed by atoms with Gasteiger partial charge in [-0.25, -0.2) is 4.98 Å². The van der Waals surface area contributed by atoms with Gasteiger partial charge < -0.3 is 10.2 Å². The normalized spacial score (nSPS) is 21.5. The van der Waals surface area contributed by atoms with Crippen LogP contribution in [0.1, 0.15) is 25.5 Å². The molecule has 0 bridgehead atoms. The lowest BCUT2D eigenvalue weighted by atomic mass is 10.3. The highest BCUT2D eigenvalue weighted by atomic mass is 32.1. The van der Waals surface area contributed by atoms with Gasteiger partial charge in [0.2, 0.25) is 0 Å². The minimum atomic E-state index is 0.898. The molecule has 0 amide bonds. The number of nitrogens with zero attached hydrogens (tertiary/aromatic N) is 3. The van der Waals surface area contributed by atoms with Gasteiger partial charge >= 0.3 is 0 Å². The standard InChI is InChI=1S/C13H22N4S/c1-2-14-9-11-10-18-13(15-11)17-7-5-16(6-8-17)12-3-4-12/h10,12,14H,2-9H2,1H3. The third-order valence-electron chi connectivity index (χ3n) is 3.74. The SMILES string of the molecule is CCNCc1csc(N2CCN(C3CC3)CC2)n1. The van der Waals surface area contributed by atoms with Crippen LogP contribution >= 0.6 is 11.3 Å². The van der Waals surface area contributed by atoms with Gasteiger partial charge in [-0.1, -0.05) is 6.92 Å². The number of rotatable bonds is 5. The Balaban J connectivity index is 1.53. The van der Waals surface area contributed by atoms with Gasteiger partial charge in [-0.3, -0.25) is 4.90 Å². The molecule has 1 N–H and O–H groups in total. The number of aromatic nitrogens is 1. The summed E-state index contributed by atoms with van der Waals surface area (Å²) in [5.41, 5.74) is 1.18. The van der Waals surface area contributed by atoms with E-state index in [1.165, 1.54) is 36.8 Å². The topological polar surface area (TPSA) is 31.4 Å². The highest BCUT2D eigenvalue weighted by molar-refractivity contribution is 7.13. The molecule has 1 saturated heterocycles. The quantitative estimate of drug-likeness (QED) is 0.876. The van der Waals surface area contributed by atoms with Crippen LogP contribution < -0.4 is 10.2 Å². The van der Waals surface area contributed by atoms with Crippen molar-refractivity contribution < 1.29 is 0 Å². The Hall–Kier alpha value is -0.650. The van der Waals surface area contributed by atoms with Crippen LogP contribution in [0.25, 0.3) is 0 Å². The van der Waals surface area contributed by atoms with Gasteiger partial charge in [-0.2, -0.15) is 0 Å². The van der Waals surface area contributed by atoms with Crippen molar-refractivity contribution in [3.63, 3.8) is 0 Å². The summed E-state index contributed by atoms with van der Waals surface area (Å²) in [4.78, 5) is 9.81. The van der Waals surface area contributed by atoms with Crippen molar-refractivity contribution in [2.45, 2.75) is 32.4 Å². The first-order chi connectivity index (χ1) is 8.86. The van der Waals surface area contributed by atoms with Crippen LogP contribution in [0.15, 0.2) is 5.38 Å². The molecule has 0 radical (unpaired) electrons. The largest absolute Gasteiger partial charge is 0.346 e. The average molecular weight is 266 g/mol. The highest BCUT2D eigenvalue weighted by Gasteiger charge is 2.31. The van der Waals surface area contributed by atoms with Crippen molar-refractivity contribution >= 4 is 16.5 Å². The smallest absolute Gasteiger partial charge is 0.185 e. The van der Waals surface area contributed by atoms with E-state index in [0.717, 1.165) is 32.2 Å². The van der Waals surface area contributed by atoms with E-state index in [-0.39, 0.29) is 0 Å². The van der Waals surface area contributed by atoms with Crippen LogP contribution in [0, 0.1) is 0 Å². The Kier molecular flexibility index (Phi) is 3.82. The summed E-state index contributed by atoms with van der Waals surface area (Å²) in [6, 6.07) is 0.910. The predicted molar refractivity (Wildman–Crippen MR) is 76.3 cm³/mol. The zero-order valence-electron chi connectivity index (χ0n) is 11.1. The summed E-state index contributed by atoms with van der Waals surface area (Å²) in [5, 5.41) is 6.72. The van der Waals surface area contributed by atoms with Crippen LogP contribution in [-0.2, 0) is 6.54 Å². The van der Waals surface area contributed by atoms with E-state index >= 15 is 0 Å². The molecule has 1 aromatic rings. The summed E-state index contributed by atoms with van der Waals surface area (Å²) in [6.45, 7) is 8.75. The Morgan fingerprint density at radius 3 is 2.78 bits per heavy atom. The number of piperazine rings is 1. The molecule has 2 aliphatic rings. The molecule has 18 heavy (non-hydrogen) atoms. The van der Waals surface area contributed by atoms with E-state index in [4.69, 9.17) is 4.98 Å². The Morgan fingerprint density at radius 2 is 2.11 bits per heavy atom. The zero-order valence-corrected chi connectivity index (χ0v) is 11.9. The van der Waals surface area contributed by atoms with Crippen molar-refractivity contribution in [1.29, 1.82) is 0 Å². The second-order valence-corrected chi connectivity index (χ2v) is 5.99. The molecule has 0 aromatic carbocycles. The van der Waals surface area contributed by atoms with Gasteiger partial charge in [0.05, 0.1) is 5.69 Å². The van der Waals surface area contributed by atoms with Gasteiger partial charge in [0.25, 0.3) is 0 Å². The summed E-state index contributed by atoms with van der Waals surface area (Å²) >= 11 is 1.79. The van der Waals surface area contributed by atoms with Crippen LogP contribution in [-0.4, -0.2) is 48.6 Å². The lowest BCUT2D eigenvalue weighted by Crippen LogP contribution is -2.47. The van der Waals surface area contributed by atoms with Gasteiger partial charge in [0.1, 0.15) is 0 Å². The Labute approximate surface area is 113 Å². The molecule has 0 spiro atoms. The van der Waals surface area contributed by atoms with Crippen molar-refractivity contribution in [3.05, 3.63) is 11.1 Å². The van der Waals surface area contributed by atoms with E-state index in [0.29, 0.717) is 0 Å². The molecular weight excluding hydrogens is 244 g/mol. The molecule has 4 nitrogen and oxygen atoms in total. The molecule has 100 valence electrons. The molecular formula is C13H22N4S. The van der Waals surface area contributed by atoms with Crippen molar-refractivity contribution in [1.82, 2.24) is 15.2 Å². The van der Waals surface area contributed by atoms with Gasteiger partial charge in [-0.05, 0) is 19.4 Å². The number of anilines is 1. The lowest BCUT2D eigenvalue weighted by molar-refractivity contribution is 0.248. The number of thiazole rings is 1. The second-order valence-electron chi connectivity index (χ2n) is 5.16. The van der Waals surface area contributed by atoms with E-state index in [1.807, 2.05) is 0 Å². The predicted octanol–water partition coefficient (Wildman–Crippen LogP) is 1.54. The van der Waals surface area contributed by atoms with Crippen LogP contribution in [0.2, 0.25) is 0 Å². The first-order valence-electron chi connectivity index (χ1n) is 7.01. The zero-order chi connectivity index (χ0) is 12.4. The molecule has 0 atom stereocenters. The molecule has 1 aromatic heterocycles. The first-order valence-corrected chi connectivity index (χ1v) is 7.89. The lowest BCUT2D eigenvalue weighted by Gasteiger charge is -2.34. The molecule has 2 fully saturated rings. The molecule has 2 heterocycles. The molecule has 3 rings (SSSR count). The average Bonchev–Trinajstić information content (AvgIpc) is 3.16. The van der Waals surface area contributed by atoms with Gasteiger partial charge in [0.15, 0.2) is 5.13 Å². The minimum Gasteiger partial charge on any atom is -0.346 e. The fourth-order valence-corrected chi connectivity index (χ4v) is 3.37. The van der Waals surface area contributed by atoms with Gasteiger partial charge in [0, 0.05) is 44.1 Å². The number of nitrogens with one attached hydrogen (secondary N) is 1.